The van der Waals surface area contributed by atoms with Gasteiger partial charge in [-0.25, -0.2) is 23.7 Å². The first-order chi connectivity index (χ1) is 25.9. The van der Waals surface area contributed by atoms with Crippen LogP contribution in [0.2, 0.25) is 0 Å². The number of alkyl halides is 2. The number of pyridine rings is 1. The van der Waals surface area contributed by atoms with Gasteiger partial charge in [0.15, 0.2) is 5.69 Å². The molecule has 1 aliphatic carbocycles. The predicted molar refractivity (Wildman–Crippen MR) is 232 cm³/mol. The third kappa shape index (κ3) is 15.3. The van der Waals surface area contributed by atoms with E-state index in [-0.39, 0.29) is 59.5 Å². The molecule has 1 saturated heterocycles. The van der Waals surface area contributed by atoms with E-state index >= 15 is 0 Å². The van der Waals surface area contributed by atoms with Gasteiger partial charge >= 0.3 is 0 Å². The van der Waals surface area contributed by atoms with Gasteiger partial charge in [0.25, 0.3) is 5.92 Å². The number of halogens is 2. The van der Waals surface area contributed by atoms with Crippen LogP contribution in [0.25, 0.3) is 11.4 Å². The summed E-state index contributed by atoms with van der Waals surface area (Å²) in [5.41, 5.74) is 2.55. The van der Waals surface area contributed by atoms with E-state index in [4.69, 9.17) is 24.4 Å². The van der Waals surface area contributed by atoms with Crippen molar-refractivity contribution >= 4 is 5.82 Å². The van der Waals surface area contributed by atoms with Crippen molar-refractivity contribution in [2.45, 2.75) is 213 Å². The minimum Gasteiger partial charge on any atom is -0.473 e. The van der Waals surface area contributed by atoms with Crippen molar-refractivity contribution in [3.05, 3.63) is 29.6 Å². The summed E-state index contributed by atoms with van der Waals surface area (Å²) in [6.07, 6.45) is 5.94. The van der Waals surface area contributed by atoms with E-state index < -0.39 is 11.5 Å². The fourth-order valence-electron chi connectivity index (χ4n) is 7.41. The normalized spacial score (nSPS) is 20.2. The van der Waals surface area contributed by atoms with Crippen molar-refractivity contribution in [2.24, 2.45) is 0 Å². The predicted octanol–water partition coefficient (Wildman–Crippen LogP) is 9.76. The number of ether oxygens (including phenoxy) is 2. The molecule has 9 nitrogen and oxygen atoms in total. The van der Waals surface area contributed by atoms with Gasteiger partial charge in [-0.2, -0.15) is 0 Å². The van der Waals surface area contributed by atoms with Crippen molar-refractivity contribution < 1.29 is 18.3 Å². The summed E-state index contributed by atoms with van der Waals surface area (Å²) in [6.45, 7) is 36.3. The van der Waals surface area contributed by atoms with E-state index in [0.29, 0.717) is 23.7 Å². The van der Waals surface area contributed by atoms with Crippen LogP contribution in [0.1, 0.15) is 167 Å². The van der Waals surface area contributed by atoms with Crippen molar-refractivity contribution in [1.29, 1.82) is 0 Å². The maximum absolute atomic E-state index is 14.5. The van der Waals surface area contributed by atoms with Crippen molar-refractivity contribution in [3.8, 4) is 17.3 Å². The molecule has 0 radical (unpaired) electrons. The second-order valence-corrected chi connectivity index (χ2v) is 22.4. The van der Waals surface area contributed by atoms with Crippen LogP contribution in [0.4, 0.5) is 14.6 Å². The first kappa shape index (κ1) is 47.2. The van der Waals surface area contributed by atoms with Crippen molar-refractivity contribution in [2.75, 3.05) is 31.1 Å². The Kier molecular flexibility index (Phi) is 14.6. The highest BCUT2D eigenvalue weighted by Crippen LogP contribution is 2.37. The van der Waals surface area contributed by atoms with Crippen LogP contribution in [0.15, 0.2) is 18.3 Å². The quantitative estimate of drug-likeness (QED) is 0.145. The van der Waals surface area contributed by atoms with Crippen LogP contribution >= 0.6 is 0 Å². The molecule has 3 heterocycles. The Morgan fingerprint density at radius 1 is 0.754 bits per heavy atom. The van der Waals surface area contributed by atoms with Gasteiger partial charge in [-0.1, -0.05) is 41.5 Å². The van der Waals surface area contributed by atoms with E-state index in [1.807, 2.05) is 27.0 Å². The van der Waals surface area contributed by atoms with Crippen molar-refractivity contribution in [3.63, 3.8) is 0 Å². The molecule has 3 N–H and O–H groups in total. The number of nitrogens with one attached hydrogen (secondary N) is 3. The van der Waals surface area contributed by atoms with Crippen LogP contribution in [0, 0.1) is 0 Å². The van der Waals surface area contributed by atoms with Gasteiger partial charge in [-0.15, -0.1) is 0 Å². The molecule has 2 aromatic rings. The van der Waals surface area contributed by atoms with Crippen LogP contribution in [-0.2, 0) is 15.6 Å². The Morgan fingerprint density at radius 2 is 1.40 bits per heavy atom. The number of nitrogens with zero attached hydrogens (tertiary/aromatic N) is 4. The zero-order chi connectivity index (χ0) is 42.8. The molecule has 1 saturated carbocycles. The fraction of sp³-hybridized carbons (Fsp3) is 0.804. The monoisotopic (exact) mass is 800 g/mol. The molecular weight excluding hydrogens is 721 g/mol. The smallest absolute Gasteiger partial charge is 0.251 e. The average molecular weight is 800 g/mol. The first-order valence-corrected chi connectivity index (χ1v) is 21.5. The van der Waals surface area contributed by atoms with E-state index in [1.54, 1.807) is 0 Å². The molecule has 324 valence electrons. The molecule has 2 aromatic heterocycles. The van der Waals surface area contributed by atoms with Gasteiger partial charge in [0, 0.05) is 66.6 Å². The molecule has 0 amide bonds. The van der Waals surface area contributed by atoms with E-state index in [1.165, 1.54) is 5.56 Å². The summed E-state index contributed by atoms with van der Waals surface area (Å²) in [5.74, 6) is -1.25. The number of rotatable bonds is 17. The minimum absolute atomic E-state index is 0.00786. The van der Waals surface area contributed by atoms with Gasteiger partial charge in [-0.3, -0.25) is 0 Å². The highest BCUT2D eigenvalue weighted by molar-refractivity contribution is 5.65. The van der Waals surface area contributed by atoms with Crippen LogP contribution in [0.5, 0.6) is 5.88 Å². The zero-order valence-electron chi connectivity index (χ0n) is 38.6. The molecular formula is C46H79F2N7O2. The Bertz CT molecular complexity index is 1610. The lowest BCUT2D eigenvalue weighted by Crippen LogP contribution is -2.55. The SMILES string of the molecule is CC(C)(C)NC1CCN(c2cc(C(C)(C)C)cc(-c3nc(C(C)(C)C)cnc3O[C@H]3C[C@H](NC(C)(C)CCC(C)(C)NCCC(F)(F)CCOC(C)(C)C)C3)n2)C1. The topological polar surface area (TPSA) is 96.5 Å². The summed E-state index contributed by atoms with van der Waals surface area (Å²) >= 11 is 0. The second-order valence-electron chi connectivity index (χ2n) is 22.4. The Hall–Kier alpha value is -2.47. The van der Waals surface area contributed by atoms with Gasteiger partial charge in [0.2, 0.25) is 5.88 Å². The third-order valence-electron chi connectivity index (χ3n) is 11.0. The Labute approximate surface area is 345 Å². The molecule has 57 heavy (non-hydrogen) atoms. The van der Waals surface area contributed by atoms with Crippen molar-refractivity contribution in [1.82, 2.24) is 30.9 Å². The summed E-state index contributed by atoms with van der Waals surface area (Å²) in [4.78, 5) is 17.8. The maximum atomic E-state index is 14.5. The lowest BCUT2D eigenvalue weighted by molar-refractivity contribution is -0.0702. The third-order valence-corrected chi connectivity index (χ3v) is 11.0. The van der Waals surface area contributed by atoms with E-state index in [0.717, 1.165) is 62.4 Å². The molecule has 4 rings (SSSR count). The summed E-state index contributed by atoms with van der Waals surface area (Å²) < 4.78 is 41.2. The standard InChI is InChI=1S/C46H79F2N7O2/c1-40(2,3)31-25-35(51-37(26-31)55-23-17-32(30-55)53-42(7,8)9)38-39(49-29-36(52-38)41(4,5)6)57-34-27-33(28-34)54-45(15,16)19-18-44(13,14)50-22-20-46(47,48)21-24-56-43(10,11)12/h25-26,29,32-34,50,53-54H,17-24,27-28,30H2,1-16H3/t32?,33-,34-. The number of anilines is 1. The average Bonchev–Trinajstić information content (AvgIpc) is 3.48. The van der Waals surface area contributed by atoms with Crippen LogP contribution in [-0.4, -0.2) is 87.5 Å². The minimum atomic E-state index is -2.75. The molecule has 0 aromatic carbocycles. The lowest BCUT2D eigenvalue weighted by atomic mass is 9.84. The molecule has 2 fully saturated rings. The van der Waals surface area contributed by atoms with Gasteiger partial charge in [0.1, 0.15) is 11.9 Å². The van der Waals surface area contributed by atoms with Gasteiger partial charge in [-0.05, 0) is 124 Å². The molecule has 0 spiro atoms. The van der Waals surface area contributed by atoms with Gasteiger partial charge < -0.3 is 30.3 Å². The first-order valence-electron chi connectivity index (χ1n) is 21.5. The lowest BCUT2D eigenvalue weighted by Gasteiger charge is -2.42. The zero-order valence-corrected chi connectivity index (χ0v) is 38.6. The summed E-state index contributed by atoms with van der Waals surface area (Å²) in [6, 6.07) is 5.13. The summed E-state index contributed by atoms with van der Waals surface area (Å²) in [7, 11) is 0. The Balaban J connectivity index is 1.40. The Morgan fingerprint density at radius 3 is 2.00 bits per heavy atom. The largest absolute Gasteiger partial charge is 0.473 e. The number of aromatic nitrogens is 3. The van der Waals surface area contributed by atoms with Crippen LogP contribution in [0.3, 0.4) is 0 Å². The van der Waals surface area contributed by atoms with E-state index in [9.17, 15) is 8.78 Å². The molecule has 1 unspecified atom stereocenters. The summed E-state index contributed by atoms with van der Waals surface area (Å²) in [5, 5.41) is 11.0. The molecule has 1 aliphatic heterocycles. The number of hydrogen-bond donors (Lipinski definition) is 3. The second kappa shape index (κ2) is 17.6. The highest BCUT2D eigenvalue weighted by Gasteiger charge is 2.37. The van der Waals surface area contributed by atoms with E-state index in [2.05, 4.69) is 123 Å². The fourth-order valence-corrected chi connectivity index (χ4v) is 7.41. The van der Waals surface area contributed by atoms with Gasteiger partial charge in [0.05, 0.1) is 29.8 Å². The maximum Gasteiger partial charge on any atom is 0.251 e. The molecule has 0 bridgehead atoms. The highest BCUT2D eigenvalue weighted by atomic mass is 19.3. The van der Waals surface area contributed by atoms with Crippen LogP contribution < -0.4 is 25.6 Å². The molecule has 11 heteroatoms. The molecule has 2 aliphatic rings. The number of hydrogen-bond acceptors (Lipinski definition) is 9. The molecule has 1 atom stereocenters.